The lowest BCUT2D eigenvalue weighted by Crippen LogP contribution is -2.60. The summed E-state index contributed by atoms with van der Waals surface area (Å²) in [7, 11) is 3.12. The first kappa shape index (κ1) is 36.6. The Labute approximate surface area is 300 Å². The van der Waals surface area contributed by atoms with Gasteiger partial charge in [0.25, 0.3) is 0 Å². The molecule has 0 saturated carbocycles. The van der Waals surface area contributed by atoms with Crippen LogP contribution in [0.2, 0.25) is 0 Å². The summed E-state index contributed by atoms with van der Waals surface area (Å²) >= 11 is 0. The van der Waals surface area contributed by atoms with E-state index in [-0.39, 0.29) is 18.6 Å². The van der Waals surface area contributed by atoms with Gasteiger partial charge in [-0.15, -0.1) is 10.3 Å². The van der Waals surface area contributed by atoms with Gasteiger partial charge in [0.15, 0.2) is 11.5 Å². The number of ether oxygens (including phenoxy) is 7. The largest absolute Gasteiger partial charge is 0.493 e. The molecule has 0 aliphatic carbocycles. The minimum atomic E-state index is -1.01. The number of nitrogens with one attached hydrogen (secondary N) is 1. The second-order valence-corrected chi connectivity index (χ2v) is 15.6. The van der Waals surface area contributed by atoms with Gasteiger partial charge in [0.05, 0.1) is 20.1 Å². The lowest BCUT2D eigenvalue weighted by atomic mass is 9.79. The highest BCUT2D eigenvalue weighted by molar-refractivity contribution is 5.82. The Kier molecular flexibility index (Phi) is 9.88. The number of carbonyl (C=O) groups excluding carboxylic acids is 2. The van der Waals surface area contributed by atoms with Crippen molar-refractivity contribution in [3.63, 3.8) is 0 Å². The molecule has 277 valence electrons. The van der Waals surface area contributed by atoms with Crippen molar-refractivity contribution in [1.82, 2.24) is 10.4 Å². The number of methoxy groups -OCH3 is 2. The van der Waals surface area contributed by atoms with E-state index in [2.05, 4.69) is 11.9 Å². The second-order valence-electron chi connectivity index (χ2n) is 15.6. The first-order chi connectivity index (χ1) is 24.1. The van der Waals surface area contributed by atoms with Crippen LogP contribution >= 0.6 is 0 Å². The molecule has 4 aliphatic heterocycles. The minimum absolute atomic E-state index is 0.198. The van der Waals surface area contributed by atoms with Crippen LogP contribution in [-0.2, 0) is 25.9 Å². The van der Waals surface area contributed by atoms with E-state index in [1.807, 2.05) is 66.7 Å². The SMILES string of the molecule is C=C(C)[C@H]1Cc2c(ccc3c2O[C@@H]2COc4cc(OC)c(OC)cc4[C@@H]2[C@@H]3OC(=O)[C@@H](NC(=O)OC2CC(C)(C)N([O])C(C)(C)C2)C(C)CC)O1. The molecule has 2 aromatic rings. The molecule has 6 rings (SSSR count). The highest BCUT2D eigenvalue weighted by Gasteiger charge is 2.50. The maximum Gasteiger partial charge on any atom is 0.408 e. The van der Waals surface area contributed by atoms with Crippen molar-refractivity contribution in [3.05, 3.63) is 53.1 Å². The van der Waals surface area contributed by atoms with E-state index in [0.717, 1.165) is 21.8 Å². The van der Waals surface area contributed by atoms with Crippen molar-refractivity contribution in [2.24, 2.45) is 5.92 Å². The van der Waals surface area contributed by atoms with Crippen LogP contribution in [0.4, 0.5) is 4.79 Å². The molecule has 1 saturated heterocycles. The van der Waals surface area contributed by atoms with Crippen molar-refractivity contribution >= 4 is 12.1 Å². The smallest absolute Gasteiger partial charge is 0.408 e. The van der Waals surface area contributed by atoms with Crippen molar-refractivity contribution in [2.75, 3.05) is 20.8 Å². The van der Waals surface area contributed by atoms with E-state index in [1.165, 1.54) is 0 Å². The molecule has 1 N–H and O–H groups in total. The normalized spacial score (nSPS) is 25.5. The van der Waals surface area contributed by atoms with Gasteiger partial charge in [-0.25, -0.2) is 9.59 Å². The Bertz CT molecular complexity index is 1670. The average molecular weight is 708 g/mol. The third-order valence-electron chi connectivity index (χ3n) is 10.8. The number of hydroxylamine groups is 2. The van der Waals surface area contributed by atoms with Gasteiger partial charge in [0, 0.05) is 53.1 Å². The van der Waals surface area contributed by atoms with Gasteiger partial charge in [-0.2, -0.15) is 0 Å². The number of fused-ring (bicyclic) bond motifs is 6. The van der Waals surface area contributed by atoms with Gasteiger partial charge >= 0.3 is 12.1 Å². The van der Waals surface area contributed by atoms with E-state index >= 15 is 0 Å². The van der Waals surface area contributed by atoms with Crippen LogP contribution in [0.5, 0.6) is 28.7 Å². The van der Waals surface area contributed by atoms with Crippen molar-refractivity contribution in [3.8, 4) is 28.7 Å². The Morgan fingerprint density at radius 1 is 1.00 bits per heavy atom. The van der Waals surface area contributed by atoms with E-state index in [1.54, 1.807) is 20.3 Å². The van der Waals surface area contributed by atoms with Crippen molar-refractivity contribution < 1.29 is 48.0 Å². The highest BCUT2D eigenvalue weighted by atomic mass is 16.6. The Morgan fingerprint density at radius 3 is 2.29 bits per heavy atom. The van der Waals surface area contributed by atoms with Crippen LogP contribution in [-0.4, -0.2) is 73.4 Å². The molecule has 12 heteroatoms. The number of carbonyl (C=O) groups is 2. The summed E-state index contributed by atoms with van der Waals surface area (Å²) < 4.78 is 42.7. The lowest BCUT2D eigenvalue weighted by molar-refractivity contribution is -0.298. The van der Waals surface area contributed by atoms with Crippen LogP contribution in [0.1, 0.15) is 96.4 Å². The van der Waals surface area contributed by atoms with E-state index in [0.29, 0.717) is 60.0 Å². The summed E-state index contributed by atoms with van der Waals surface area (Å²) in [6, 6.07) is 6.36. The van der Waals surface area contributed by atoms with Gasteiger partial charge in [-0.1, -0.05) is 26.8 Å². The maximum atomic E-state index is 14.4. The monoisotopic (exact) mass is 707 g/mol. The van der Waals surface area contributed by atoms with Crippen molar-refractivity contribution in [1.29, 1.82) is 0 Å². The summed E-state index contributed by atoms with van der Waals surface area (Å²) in [6.07, 6.45) is -0.878. The first-order valence-corrected chi connectivity index (χ1v) is 17.8. The fourth-order valence-electron chi connectivity index (χ4n) is 8.07. The Morgan fingerprint density at radius 2 is 1.67 bits per heavy atom. The lowest BCUT2D eigenvalue weighted by Gasteiger charge is -2.49. The first-order valence-electron chi connectivity index (χ1n) is 17.8. The van der Waals surface area contributed by atoms with Crippen LogP contribution in [0.3, 0.4) is 0 Å². The fraction of sp³-hybridized carbons (Fsp3) is 0.590. The number of esters is 1. The number of alkyl carbamates (subject to hydrolysis) is 1. The molecule has 51 heavy (non-hydrogen) atoms. The Hall–Kier alpha value is -4.16. The summed E-state index contributed by atoms with van der Waals surface area (Å²) in [5.41, 5.74) is 1.76. The number of hydrogen-bond donors (Lipinski definition) is 1. The molecule has 2 aromatic carbocycles. The Balaban J connectivity index is 1.33. The van der Waals surface area contributed by atoms with Gasteiger partial charge in [-0.05, 0) is 64.3 Å². The molecule has 1 radical (unpaired) electrons. The summed E-state index contributed by atoms with van der Waals surface area (Å²) in [5, 5.41) is 16.8. The molecule has 4 heterocycles. The molecule has 6 atom stereocenters. The number of hydrogen-bond acceptors (Lipinski definition) is 10. The highest BCUT2D eigenvalue weighted by Crippen LogP contribution is 2.55. The quantitative estimate of drug-likeness (QED) is 0.224. The zero-order valence-electron chi connectivity index (χ0n) is 31.1. The molecular weight excluding hydrogens is 656 g/mol. The molecule has 1 unspecified atom stereocenters. The maximum absolute atomic E-state index is 14.4. The number of rotatable bonds is 9. The number of benzene rings is 2. The molecular formula is C39H51N2O10. The predicted molar refractivity (Wildman–Crippen MR) is 187 cm³/mol. The topological polar surface area (TPSA) is 134 Å². The third kappa shape index (κ3) is 6.80. The standard InChI is InChI=1S/C39H51N2O10/c1-11-21(4)33(40-37(43)48-22-17-38(5,6)41(44)39(7,8)18-22)36(42)51-35-23-12-13-26-25(15-27(49-26)20(2)3)34(23)50-31-19-47-28-16-30(46-10)29(45-9)14-24(28)32(31)35/h12-14,16,21-22,27,31-33,35H,2,11,15,17-19H2,1,3-10H3,(H,40,43)/t21?,27-,31-,32+,33+,35-/m1/s1. The molecule has 0 spiro atoms. The van der Waals surface area contributed by atoms with Crippen LogP contribution in [0.15, 0.2) is 36.4 Å². The molecule has 0 aromatic heterocycles. The zero-order chi connectivity index (χ0) is 37.0. The molecule has 1 amide bonds. The number of nitrogens with zero attached hydrogens (tertiary/aromatic N) is 1. The third-order valence-corrected chi connectivity index (χ3v) is 10.8. The molecule has 12 nitrogen and oxygen atoms in total. The second kappa shape index (κ2) is 13.8. The van der Waals surface area contributed by atoms with Gasteiger partial charge in [0.1, 0.15) is 54.3 Å². The van der Waals surface area contributed by atoms with Crippen LogP contribution < -0.4 is 29.0 Å². The summed E-state index contributed by atoms with van der Waals surface area (Å²) in [6.45, 7) is 17.4. The number of piperidine rings is 1. The summed E-state index contributed by atoms with van der Waals surface area (Å²) in [5.74, 6) is 1.52. The van der Waals surface area contributed by atoms with E-state index < -0.39 is 53.4 Å². The minimum Gasteiger partial charge on any atom is -0.493 e. The van der Waals surface area contributed by atoms with Gasteiger partial charge in [0.2, 0.25) is 0 Å². The van der Waals surface area contributed by atoms with E-state index in [9.17, 15) is 14.8 Å². The van der Waals surface area contributed by atoms with Gasteiger partial charge < -0.3 is 38.5 Å². The van der Waals surface area contributed by atoms with Gasteiger partial charge in [-0.3, -0.25) is 0 Å². The fourth-order valence-corrected chi connectivity index (χ4v) is 8.07. The van der Waals surface area contributed by atoms with E-state index in [4.69, 9.17) is 33.2 Å². The summed E-state index contributed by atoms with van der Waals surface area (Å²) in [4.78, 5) is 27.9. The zero-order valence-corrected chi connectivity index (χ0v) is 31.1. The number of amides is 1. The van der Waals surface area contributed by atoms with Crippen LogP contribution in [0.25, 0.3) is 0 Å². The van der Waals surface area contributed by atoms with Crippen molar-refractivity contribution in [2.45, 2.75) is 122 Å². The average Bonchev–Trinajstić information content (AvgIpc) is 3.53. The molecule has 1 fully saturated rings. The van der Waals surface area contributed by atoms with Crippen LogP contribution in [0, 0.1) is 5.92 Å². The molecule has 0 bridgehead atoms. The predicted octanol–water partition coefficient (Wildman–Crippen LogP) is 6.61. The molecule has 4 aliphatic rings.